The highest BCUT2D eigenvalue weighted by Crippen LogP contribution is 2.29. The van der Waals surface area contributed by atoms with Gasteiger partial charge in [-0.3, -0.25) is 4.79 Å². The van der Waals surface area contributed by atoms with Crippen molar-refractivity contribution in [1.82, 2.24) is 4.90 Å². The molecule has 2 rings (SSSR count). The molecule has 0 bridgehead atoms. The van der Waals surface area contributed by atoms with E-state index in [1.165, 1.54) is 18.2 Å². The Morgan fingerprint density at radius 1 is 1.32 bits per heavy atom. The van der Waals surface area contributed by atoms with Gasteiger partial charge in [0.25, 0.3) is 0 Å². The van der Waals surface area contributed by atoms with Crippen molar-refractivity contribution >= 4 is 5.91 Å². The first-order valence-electron chi connectivity index (χ1n) is 7.47. The molecule has 1 heterocycles. The van der Waals surface area contributed by atoms with Crippen LogP contribution in [-0.2, 0) is 17.4 Å². The summed E-state index contributed by atoms with van der Waals surface area (Å²) in [5, 5.41) is 0. The first-order valence-corrected chi connectivity index (χ1v) is 7.47. The fourth-order valence-corrected chi connectivity index (χ4v) is 2.86. The Hall–Kier alpha value is -1.78. The van der Waals surface area contributed by atoms with Crippen molar-refractivity contribution in [2.45, 2.75) is 31.9 Å². The van der Waals surface area contributed by atoms with E-state index < -0.39 is 11.7 Å². The molecule has 5 heteroatoms. The lowest BCUT2D eigenvalue weighted by Crippen LogP contribution is -2.39. The highest BCUT2D eigenvalue weighted by Gasteiger charge is 2.30. The van der Waals surface area contributed by atoms with Crippen LogP contribution in [0.1, 0.15) is 30.4 Å². The average molecular weight is 311 g/mol. The van der Waals surface area contributed by atoms with Crippen LogP contribution in [0, 0.1) is 5.92 Å². The fraction of sp³-hybridized carbons (Fsp3) is 0.471. The maximum atomic E-state index is 12.5. The van der Waals surface area contributed by atoms with E-state index in [0.29, 0.717) is 12.5 Å². The van der Waals surface area contributed by atoms with Gasteiger partial charge in [-0.1, -0.05) is 18.7 Å². The lowest BCUT2D eigenvalue weighted by molar-refractivity contribution is -0.137. The second kappa shape index (κ2) is 6.99. The second-order valence-corrected chi connectivity index (χ2v) is 5.73. The normalized spacial score (nSPS) is 19.0. The number of rotatable bonds is 4. The molecule has 22 heavy (non-hydrogen) atoms. The van der Waals surface area contributed by atoms with Gasteiger partial charge in [0.1, 0.15) is 0 Å². The van der Waals surface area contributed by atoms with Crippen LogP contribution < -0.4 is 0 Å². The third-order valence-corrected chi connectivity index (χ3v) is 4.13. The Morgan fingerprint density at radius 3 is 2.59 bits per heavy atom. The summed E-state index contributed by atoms with van der Waals surface area (Å²) in [6, 6.07) is 5.34. The summed E-state index contributed by atoms with van der Waals surface area (Å²) in [5.74, 6) is 0.360. The summed E-state index contributed by atoms with van der Waals surface area (Å²) in [6.45, 7) is 4.98. The van der Waals surface area contributed by atoms with Crippen LogP contribution in [-0.4, -0.2) is 23.9 Å². The van der Waals surface area contributed by atoms with Gasteiger partial charge in [0.15, 0.2) is 0 Å². The number of alkyl halides is 3. The zero-order valence-electron chi connectivity index (χ0n) is 12.4. The van der Waals surface area contributed by atoms with Crippen molar-refractivity contribution in [3.05, 3.63) is 48.0 Å². The van der Waals surface area contributed by atoms with Gasteiger partial charge in [0.2, 0.25) is 5.91 Å². The monoisotopic (exact) mass is 311 g/mol. The topological polar surface area (TPSA) is 20.3 Å². The Balaban J connectivity index is 1.87. The summed E-state index contributed by atoms with van der Waals surface area (Å²) in [4.78, 5) is 13.4. The maximum absolute atomic E-state index is 12.5. The molecule has 1 saturated heterocycles. The average Bonchev–Trinajstić information content (AvgIpc) is 2.52. The number of piperidine rings is 1. The minimum Gasteiger partial charge on any atom is -0.339 e. The molecule has 1 fully saturated rings. The minimum absolute atomic E-state index is 0.0424. The summed E-state index contributed by atoms with van der Waals surface area (Å²) >= 11 is 0. The summed E-state index contributed by atoms with van der Waals surface area (Å²) in [5.41, 5.74) is 0.289. The molecule has 0 saturated carbocycles. The van der Waals surface area contributed by atoms with Gasteiger partial charge < -0.3 is 4.90 Å². The van der Waals surface area contributed by atoms with Gasteiger partial charge in [0, 0.05) is 13.1 Å². The fourth-order valence-electron chi connectivity index (χ4n) is 2.86. The summed E-state index contributed by atoms with van der Waals surface area (Å²) in [6.07, 6.45) is 0.690. The van der Waals surface area contributed by atoms with Crippen molar-refractivity contribution < 1.29 is 18.0 Å². The van der Waals surface area contributed by atoms with E-state index in [-0.39, 0.29) is 5.91 Å². The van der Waals surface area contributed by atoms with Crippen LogP contribution in [0.15, 0.2) is 36.9 Å². The maximum Gasteiger partial charge on any atom is 0.416 e. The van der Waals surface area contributed by atoms with E-state index in [1.807, 2.05) is 0 Å². The molecule has 0 spiro atoms. The van der Waals surface area contributed by atoms with Crippen LogP contribution in [0.3, 0.4) is 0 Å². The van der Waals surface area contributed by atoms with Crippen molar-refractivity contribution in [2.75, 3.05) is 13.1 Å². The van der Waals surface area contributed by atoms with Crippen LogP contribution in [0.5, 0.6) is 0 Å². The standard InChI is InChI=1S/C17H20F3NO/c1-2-16(22)21-11-3-4-14(12-21)6-5-13-7-9-15(10-8-13)17(18,19)20/h2,7-10,14H,1,3-6,11-12H2/t14-/m1/s1. The van der Waals surface area contributed by atoms with Gasteiger partial charge in [-0.2, -0.15) is 13.2 Å². The van der Waals surface area contributed by atoms with Crippen molar-refractivity contribution in [2.24, 2.45) is 5.92 Å². The summed E-state index contributed by atoms with van der Waals surface area (Å²) in [7, 11) is 0. The largest absolute Gasteiger partial charge is 0.416 e. The van der Waals surface area contributed by atoms with Crippen LogP contribution in [0.4, 0.5) is 13.2 Å². The van der Waals surface area contributed by atoms with Crippen LogP contribution in [0.2, 0.25) is 0 Å². The molecule has 1 atom stereocenters. The van der Waals surface area contributed by atoms with Crippen LogP contribution >= 0.6 is 0 Å². The number of benzene rings is 1. The first kappa shape index (κ1) is 16.6. The zero-order chi connectivity index (χ0) is 16.2. The predicted octanol–water partition coefficient (Wildman–Crippen LogP) is 4.06. The molecule has 1 aromatic carbocycles. The molecule has 1 aliphatic rings. The quantitative estimate of drug-likeness (QED) is 0.768. The minimum atomic E-state index is -4.28. The highest BCUT2D eigenvalue weighted by molar-refractivity contribution is 5.87. The van der Waals surface area contributed by atoms with Gasteiger partial charge in [-0.05, 0) is 55.4 Å². The number of nitrogens with zero attached hydrogens (tertiary/aromatic N) is 1. The van der Waals surface area contributed by atoms with Crippen molar-refractivity contribution in [1.29, 1.82) is 0 Å². The zero-order valence-corrected chi connectivity index (χ0v) is 12.4. The molecule has 120 valence electrons. The molecule has 0 unspecified atom stereocenters. The first-order chi connectivity index (χ1) is 10.4. The smallest absolute Gasteiger partial charge is 0.339 e. The molecular formula is C17H20F3NO. The number of carbonyl (C=O) groups is 1. The number of amides is 1. The molecule has 1 aromatic rings. The van der Waals surface area contributed by atoms with E-state index in [0.717, 1.165) is 49.9 Å². The van der Waals surface area contributed by atoms with Gasteiger partial charge in [0.05, 0.1) is 5.56 Å². The number of carbonyl (C=O) groups excluding carboxylic acids is 1. The molecule has 1 aliphatic heterocycles. The molecule has 1 amide bonds. The Kier molecular flexibility index (Phi) is 5.27. The summed E-state index contributed by atoms with van der Waals surface area (Å²) < 4.78 is 37.5. The number of hydrogen-bond donors (Lipinski definition) is 0. The molecule has 0 N–H and O–H groups in total. The molecule has 0 aromatic heterocycles. The third-order valence-electron chi connectivity index (χ3n) is 4.13. The number of hydrogen-bond acceptors (Lipinski definition) is 1. The Labute approximate surface area is 128 Å². The number of likely N-dealkylation sites (tertiary alicyclic amines) is 1. The lowest BCUT2D eigenvalue weighted by Gasteiger charge is -2.32. The van der Waals surface area contributed by atoms with Gasteiger partial charge in [-0.25, -0.2) is 0 Å². The van der Waals surface area contributed by atoms with Crippen molar-refractivity contribution in [3.8, 4) is 0 Å². The Bertz CT molecular complexity index is 522. The molecular weight excluding hydrogens is 291 g/mol. The van der Waals surface area contributed by atoms with E-state index in [4.69, 9.17) is 0 Å². The highest BCUT2D eigenvalue weighted by atomic mass is 19.4. The number of aryl methyl sites for hydroxylation is 1. The molecule has 0 radical (unpaired) electrons. The van der Waals surface area contributed by atoms with E-state index in [9.17, 15) is 18.0 Å². The van der Waals surface area contributed by atoms with Gasteiger partial charge in [-0.15, -0.1) is 0 Å². The van der Waals surface area contributed by atoms with E-state index in [2.05, 4.69) is 6.58 Å². The third kappa shape index (κ3) is 4.36. The predicted molar refractivity (Wildman–Crippen MR) is 79.3 cm³/mol. The van der Waals surface area contributed by atoms with Gasteiger partial charge >= 0.3 is 6.18 Å². The van der Waals surface area contributed by atoms with Crippen LogP contribution in [0.25, 0.3) is 0 Å². The molecule has 2 nitrogen and oxygen atoms in total. The van der Waals surface area contributed by atoms with Crippen molar-refractivity contribution in [3.63, 3.8) is 0 Å². The SMILES string of the molecule is C=CC(=O)N1CCC[C@H](CCc2ccc(C(F)(F)F)cc2)C1. The van der Waals surface area contributed by atoms with E-state index in [1.54, 1.807) is 4.90 Å². The van der Waals surface area contributed by atoms with E-state index >= 15 is 0 Å². The Morgan fingerprint density at radius 2 is 2.00 bits per heavy atom. The second-order valence-electron chi connectivity index (χ2n) is 5.73. The molecule has 0 aliphatic carbocycles. The lowest BCUT2D eigenvalue weighted by atomic mass is 9.91. The number of halogens is 3.